The van der Waals surface area contributed by atoms with Crippen LogP contribution in [0, 0.1) is 5.82 Å². The molecule has 0 atom stereocenters. The molecule has 1 aromatic rings. The van der Waals surface area contributed by atoms with Crippen LogP contribution in [0.5, 0.6) is 0 Å². The van der Waals surface area contributed by atoms with Crippen molar-refractivity contribution in [3.8, 4) is 0 Å². The van der Waals surface area contributed by atoms with Crippen molar-refractivity contribution < 1.29 is 4.39 Å². The maximum Gasteiger partial charge on any atom is 0.124 e. The molecular formula is C14H19BrFN. The Balaban J connectivity index is 1.97. The standard InChI is InChI=1S/C14H19BrFN/c15-13-8-12(9-14(16)10-13)11-17-6-4-2-1-3-5-7-17/h8-10H,1-7,11H2. The maximum atomic E-state index is 13.3. The van der Waals surface area contributed by atoms with Gasteiger partial charge in [-0.1, -0.05) is 35.2 Å². The normalized spacial score (nSPS) is 18.7. The molecule has 1 saturated heterocycles. The van der Waals surface area contributed by atoms with Crippen LogP contribution in [-0.4, -0.2) is 18.0 Å². The molecule has 17 heavy (non-hydrogen) atoms. The SMILES string of the molecule is Fc1cc(Br)cc(CN2CCCCCCC2)c1. The van der Waals surface area contributed by atoms with E-state index in [0.717, 1.165) is 29.7 Å². The first kappa shape index (κ1) is 13.0. The van der Waals surface area contributed by atoms with Crippen molar-refractivity contribution in [2.45, 2.75) is 38.6 Å². The number of likely N-dealkylation sites (tertiary alicyclic amines) is 1. The Labute approximate surface area is 111 Å². The molecule has 0 saturated carbocycles. The van der Waals surface area contributed by atoms with E-state index in [4.69, 9.17) is 0 Å². The van der Waals surface area contributed by atoms with E-state index in [-0.39, 0.29) is 5.82 Å². The van der Waals surface area contributed by atoms with Gasteiger partial charge < -0.3 is 0 Å². The van der Waals surface area contributed by atoms with Crippen LogP contribution in [0.25, 0.3) is 0 Å². The van der Waals surface area contributed by atoms with Gasteiger partial charge >= 0.3 is 0 Å². The Hall–Kier alpha value is -0.410. The van der Waals surface area contributed by atoms with Gasteiger partial charge in [0.15, 0.2) is 0 Å². The third-order valence-corrected chi connectivity index (χ3v) is 3.74. The molecule has 1 fully saturated rings. The lowest BCUT2D eigenvalue weighted by Crippen LogP contribution is -2.26. The van der Waals surface area contributed by atoms with Crippen LogP contribution >= 0.6 is 15.9 Å². The second-order valence-corrected chi connectivity index (χ2v) is 5.74. The molecule has 1 nitrogen and oxygen atoms in total. The molecule has 1 heterocycles. The van der Waals surface area contributed by atoms with E-state index in [2.05, 4.69) is 20.8 Å². The molecule has 0 spiro atoms. The van der Waals surface area contributed by atoms with Crippen LogP contribution in [0.15, 0.2) is 22.7 Å². The second kappa shape index (κ2) is 6.50. The number of benzene rings is 1. The fraction of sp³-hybridized carbons (Fsp3) is 0.571. The highest BCUT2D eigenvalue weighted by molar-refractivity contribution is 9.10. The molecule has 0 N–H and O–H groups in total. The fourth-order valence-electron chi connectivity index (χ4n) is 2.43. The lowest BCUT2D eigenvalue weighted by Gasteiger charge is -2.24. The van der Waals surface area contributed by atoms with Crippen molar-refractivity contribution in [1.82, 2.24) is 4.90 Å². The highest BCUT2D eigenvalue weighted by Gasteiger charge is 2.09. The zero-order chi connectivity index (χ0) is 12.1. The van der Waals surface area contributed by atoms with Gasteiger partial charge in [-0.15, -0.1) is 0 Å². The molecule has 94 valence electrons. The first-order valence-electron chi connectivity index (χ1n) is 6.41. The molecule has 0 aromatic heterocycles. The highest BCUT2D eigenvalue weighted by atomic mass is 79.9. The molecule has 0 unspecified atom stereocenters. The summed E-state index contributed by atoms with van der Waals surface area (Å²) in [6.45, 7) is 3.17. The molecule has 0 amide bonds. The molecule has 0 aliphatic carbocycles. The first-order chi connectivity index (χ1) is 8.24. The average Bonchev–Trinajstić information content (AvgIpc) is 2.20. The minimum absolute atomic E-state index is 0.151. The van der Waals surface area contributed by atoms with Gasteiger partial charge in [-0.3, -0.25) is 4.90 Å². The Morgan fingerprint density at radius 3 is 2.29 bits per heavy atom. The van der Waals surface area contributed by atoms with E-state index in [9.17, 15) is 4.39 Å². The Morgan fingerprint density at radius 1 is 1.00 bits per heavy atom. The summed E-state index contributed by atoms with van der Waals surface area (Å²) < 4.78 is 14.1. The molecule has 3 heteroatoms. The highest BCUT2D eigenvalue weighted by Crippen LogP contribution is 2.18. The average molecular weight is 300 g/mol. The van der Waals surface area contributed by atoms with Gasteiger partial charge in [0.25, 0.3) is 0 Å². The van der Waals surface area contributed by atoms with E-state index in [0.29, 0.717) is 0 Å². The summed E-state index contributed by atoms with van der Waals surface area (Å²) in [6, 6.07) is 5.17. The topological polar surface area (TPSA) is 3.24 Å². The quantitative estimate of drug-likeness (QED) is 0.784. The van der Waals surface area contributed by atoms with Crippen LogP contribution in [0.4, 0.5) is 4.39 Å². The Kier molecular flexibility index (Phi) is 4.99. The molecule has 1 aliphatic heterocycles. The molecule has 1 aromatic carbocycles. The van der Waals surface area contributed by atoms with E-state index in [1.54, 1.807) is 6.07 Å². The van der Waals surface area contributed by atoms with Gasteiger partial charge in [0.05, 0.1) is 0 Å². The van der Waals surface area contributed by atoms with Crippen LogP contribution in [0.2, 0.25) is 0 Å². The summed E-state index contributed by atoms with van der Waals surface area (Å²) in [6.07, 6.45) is 6.60. The molecular weight excluding hydrogens is 281 g/mol. The summed E-state index contributed by atoms with van der Waals surface area (Å²) in [5, 5.41) is 0. The molecule has 0 radical (unpaired) electrons. The van der Waals surface area contributed by atoms with Crippen molar-refractivity contribution in [2.24, 2.45) is 0 Å². The predicted molar refractivity (Wildman–Crippen MR) is 72.5 cm³/mol. The summed E-state index contributed by atoms with van der Waals surface area (Å²) in [7, 11) is 0. The van der Waals surface area contributed by atoms with Crippen LogP contribution in [0.3, 0.4) is 0 Å². The van der Waals surface area contributed by atoms with E-state index >= 15 is 0 Å². The number of rotatable bonds is 2. The van der Waals surface area contributed by atoms with Crippen molar-refractivity contribution in [1.29, 1.82) is 0 Å². The van der Waals surface area contributed by atoms with Gasteiger partial charge in [-0.25, -0.2) is 4.39 Å². The summed E-state index contributed by atoms with van der Waals surface area (Å²) in [5.74, 6) is -0.151. The Morgan fingerprint density at radius 2 is 1.65 bits per heavy atom. The smallest absolute Gasteiger partial charge is 0.124 e. The summed E-state index contributed by atoms with van der Waals surface area (Å²) >= 11 is 3.35. The van der Waals surface area contributed by atoms with Gasteiger partial charge in [0.1, 0.15) is 5.82 Å². The summed E-state index contributed by atoms with van der Waals surface area (Å²) in [4.78, 5) is 2.44. The lowest BCUT2D eigenvalue weighted by molar-refractivity contribution is 0.239. The van der Waals surface area contributed by atoms with Crippen LogP contribution in [-0.2, 0) is 6.54 Å². The number of hydrogen-bond donors (Lipinski definition) is 0. The van der Waals surface area contributed by atoms with Gasteiger partial charge in [0.2, 0.25) is 0 Å². The van der Waals surface area contributed by atoms with Crippen molar-refractivity contribution in [3.05, 3.63) is 34.1 Å². The predicted octanol–water partition coefficient (Wildman–Crippen LogP) is 4.35. The minimum atomic E-state index is -0.151. The Bertz CT molecular complexity index is 339. The van der Waals surface area contributed by atoms with Gasteiger partial charge in [0, 0.05) is 11.0 Å². The zero-order valence-corrected chi connectivity index (χ0v) is 11.7. The van der Waals surface area contributed by atoms with Crippen molar-refractivity contribution >= 4 is 15.9 Å². The maximum absolute atomic E-state index is 13.3. The largest absolute Gasteiger partial charge is 0.299 e. The zero-order valence-electron chi connectivity index (χ0n) is 10.1. The summed E-state index contributed by atoms with van der Waals surface area (Å²) in [5.41, 5.74) is 1.07. The van der Waals surface area contributed by atoms with Gasteiger partial charge in [-0.05, 0) is 49.7 Å². The number of nitrogens with zero attached hydrogens (tertiary/aromatic N) is 1. The minimum Gasteiger partial charge on any atom is -0.299 e. The van der Waals surface area contributed by atoms with E-state index in [1.165, 1.54) is 38.2 Å². The monoisotopic (exact) mass is 299 g/mol. The lowest BCUT2D eigenvalue weighted by atomic mass is 10.1. The molecule has 0 bridgehead atoms. The third-order valence-electron chi connectivity index (χ3n) is 3.28. The molecule has 2 rings (SSSR count). The van der Waals surface area contributed by atoms with E-state index < -0.39 is 0 Å². The number of halogens is 2. The van der Waals surface area contributed by atoms with Crippen molar-refractivity contribution in [2.75, 3.05) is 13.1 Å². The van der Waals surface area contributed by atoms with Gasteiger partial charge in [-0.2, -0.15) is 0 Å². The first-order valence-corrected chi connectivity index (χ1v) is 7.21. The third kappa shape index (κ3) is 4.40. The molecule has 1 aliphatic rings. The van der Waals surface area contributed by atoms with Crippen LogP contribution < -0.4 is 0 Å². The van der Waals surface area contributed by atoms with Crippen LogP contribution in [0.1, 0.15) is 37.7 Å². The number of hydrogen-bond acceptors (Lipinski definition) is 1. The second-order valence-electron chi connectivity index (χ2n) is 4.82. The fourth-order valence-corrected chi connectivity index (χ4v) is 2.94. The van der Waals surface area contributed by atoms with E-state index in [1.807, 2.05) is 6.07 Å². The van der Waals surface area contributed by atoms with Crippen molar-refractivity contribution in [3.63, 3.8) is 0 Å².